The fourth-order valence-corrected chi connectivity index (χ4v) is 2.48. The van der Waals surface area contributed by atoms with E-state index in [0.29, 0.717) is 23.4 Å². The predicted octanol–water partition coefficient (Wildman–Crippen LogP) is 5.16. The standard InChI is InChI=1S/C21H24N2O2/c1-2-3-4-5-8-15-25-19-13-11-17(12-14-19)21(24)23-20-10-7-6-9-18(20)16-22/h6-7,9-14H,2-5,8,15H2,1H3,(H,23,24). The average Bonchev–Trinajstić information content (AvgIpc) is 2.65. The zero-order valence-electron chi connectivity index (χ0n) is 14.6. The lowest BCUT2D eigenvalue weighted by molar-refractivity contribution is 0.102. The molecular weight excluding hydrogens is 312 g/mol. The zero-order chi connectivity index (χ0) is 17.9. The van der Waals surface area contributed by atoms with Gasteiger partial charge in [-0.2, -0.15) is 5.26 Å². The fraction of sp³-hybridized carbons (Fsp3) is 0.333. The number of nitrogens with zero attached hydrogens (tertiary/aromatic N) is 1. The van der Waals surface area contributed by atoms with Gasteiger partial charge in [-0.05, 0) is 42.8 Å². The molecule has 0 aromatic heterocycles. The van der Waals surface area contributed by atoms with Crippen molar-refractivity contribution in [3.05, 3.63) is 59.7 Å². The number of carbonyl (C=O) groups excluding carboxylic acids is 1. The SMILES string of the molecule is CCCCCCCOc1ccc(C(=O)Nc2ccccc2C#N)cc1. The highest BCUT2D eigenvalue weighted by atomic mass is 16.5. The molecule has 0 fully saturated rings. The summed E-state index contributed by atoms with van der Waals surface area (Å²) in [5.74, 6) is 0.526. The zero-order valence-corrected chi connectivity index (χ0v) is 14.6. The molecule has 0 aliphatic rings. The molecule has 0 atom stereocenters. The smallest absolute Gasteiger partial charge is 0.255 e. The lowest BCUT2D eigenvalue weighted by Gasteiger charge is -2.09. The van der Waals surface area contributed by atoms with Gasteiger partial charge in [0.15, 0.2) is 0 Å². The molecule has 2 aromatic carbocycles. The number of benzene rings is 2. The van der Waals surface area contributed by atoms with Gasteiger partial charge in [0.1, 0.15) is 11.8 Å². The minimum absolute atomic E-state index is 0.242. The van der Waals surface area contributed by atoms with Crippen molar-refractivity contribution in [2.45, 2.75) is 39.0 Å². The van der Waals surface area contributed by atoms with E-state index in [4.69, 9.17) is 10.00 Å². The van der Waals surface area contributed by atoms with Crippen LogP contribution < -0.4 is 10.1 Å². The highest BCUT2D eigenvalue weighted by Crippen LogP contribution is 2.17. The Balaban J connectivity index is 1.85. The number of unbranched alkanes of at least 4 members (excludes halogenated alkanes) is 4. The lowest BCUT2D eigenvalue weighted by atomic mass is 10.1. The van der Waals surface area contributed by atoms with Crippen LogP contribution in [0.3, 0.4) is 0 Å². The summed E-state index contributed by atoms with van der Waals surface area (Å²) in [5, 5.41) is 11.8. The van der Waals surface area contributed by atoms with Crippen molar-refractivity contribution in [2.24, 2.45) is 0 Å². The van der Waals surface area contributed by atoms with Crippen LogP contribution in [0, 0.1) is 11.3 Å². The molecule has 1 amide bonds. The van der Waals surface area contributed by atoms with E-state index in [-0.39, 0.29) is 5.91 Å². The van der Waals surface area contributed by atoms with Crippen LogP contribution in [0.2, 0.25) is 0 Å². The van der Waals surface area contributed by atoms with E-state index in [0.717, 1.165) is 12.2 Å². The Hall–Kier alpha value is -2.80. The fourth-order valence-electron chi connectivity index (χ4n) is 2.48. The van der Waals surface area contributed by atoms with Gasteiger partial charge in [-0.3, -0.25) is 4.79 Å². The maximum atomic E-state index is 12.3. The lowest BCUT2D eigenvalue weighted by Crippen LogP contribution is -2.12. The Morgan fingerprint density at radius 2 is 1.76 bits per heavy atom. The van der Waals surface area contributed by atoms with Crippen LogP contribution >= 0.6 is 0 Å². The van der Waals surface area contributed by atoms with Gasteiger partial charge in [-0.25, -0.2) is 0 Å². The second-order valence-corrected chi connectivity index (χ2v) is 5.90. The second kappa shape index (κ2) is 10.1. The van der Waals surface area contributed by atoms with Crippen molar-refractivity contribution in [3.63, 3.8) is 0 Å². The molecule has 4 heteroatoms. The number of ether oxygens (including phenoxy) is 1. The van der Waals surface area contributed by atoms with Crippen molar-refractivity contribution in [3.8, 4) is 11.8 Å². The Labute approximate surface area is 149 Å². The molecule has 0 saturated carbocycles. The molecule has 0 aliphatic carbocycles. The first kappa shape index (κ1) is 18.5. The Bertz CT molecular complexity index is 717. The number of rotatable bonds is 9. The van der Waals surface area contributed by atoms with Crippen LogP contribution in [0.5, 0.6) is 5.75 Å². The normalized spacial score (nSPS) is 10.1. The molecule has 1 N–H and O–H groups in total. The van der Waals surface area contributed by atoms with Crippen LogP contribution in [0.15, 0.2) is 48.5 Å². The Morgan fingerprint density at radius 3 is 2.48 bits per heavy atom. The molecule has 0 aliphatic heterocycles. The summed E-state index contributed by atoms with van der Waals surface area (Å²) in [7, 11) is 0. The van der Waals surface area contributed by atoms with E-state index in [1.165, 1.54) is 25.7 Å². The summed E-state index contributed by atoms with van der Waals surface area (Å²) in [4.78, 5) is 12.3. The predicted molar refractivity (Wildman–Crippen MR) is 99.8 cm³/mol. The van der Waals surface area contributed by atoms with Gasteiger partial charge in [-0.1, -0.05) is 44.7 Å². The summed E-state index contributed by atoms with van der Waals surface area (Å²) < 4.78 is 5.70. The molecule has 0 unspecified atom stereocenters. The van der Waals surface area contributed by atoms with E-state index < -0.39 is 0 Å². The molecule has 0 bridgehead atoms. The Kier molecular flexibility index (Phi) is 7.52. The molecule has 0 radical (unpaired) electrons. The van der Waals surface area contributed by atoms with Gasteiger partial charge in [0, 0.05) is 5.56 Å². The number of hydrogen-bond donors (Lipinski definition) is 1. The number of nitriles is 1. The van der Waals surface area contributed by atoms with Gasteiger partial charge in [-0.15, -0.1) is 0 Å². The van der Waals surface area contributed by atoms with Crippen molar-refractivity contribution in [1.29, 1.82) is 5.26 Å². The summed E-state index contributed by atoms with van der Waals surface area (Å²) >= 11 is 0. The van der Waals surface area contributed by atoms with E-state index in [1.54, 1.807) is 48.5 Å². The topological polar surface area (TPSA) is 62.1 Å². The maximum Gasteiger partial charge on any atom is 0.255 e. The van der Waals surface area contributed by atoms with Crippen molar-refractivity contribution < 1.29 is 9.53 Å². The highest BCUT2D eigenvalue weighted by Gasteiger charge is 2.09. The van der Waals surface area contributed by atoms with Crippen LogP contribution in [0.4, 0.5) is 5.69 Å². The third-order valence-electron chi connectivity index (χ3n) is 3.93. The van der Waals surface area contributed by atoms with Gasteiger partial charge >= 0.3 is 0 Å². The van der Waals surface area contributed by atoms with Crippen molar-refractivity contribution in [2.75, 3.05) is 11.9 Å². The summed E-state index contributed by atoms with van der Waals surface area (Å²) in [6.07, 6.45) is 6.00. The van der Waals surface area contributed by atoms with Crippen LogP contribution in [-0.2, 0) is 0 Å². The highest BCUT2D eigenvalue weighted by molar-refractivity contribution is 6.04. The van der Waals surface area contributed by atoms with Gasteiger partial charge in [0.25, 0.3) is 5.91 Å². The monoisotopic (exact) mass is 336 g/mol. The third-order valence-corrected chi connectivity index (χ3v) is 3.93. The van der Waals surface area contributed by atoms with Gasteiger partial charge in [0.05, 0.1) is 17.9 Å². The van der Waals surface area contributed by atoms with Gasteiger partial charge < -0.3 is 10.1 Å². The van der Waals surface area contributed by atoms with Crippen molar-refractivity contribution in [1.82, 2.24) is 0 Å². The molecular formula is C21H24N2O2. The van der Waals surface area contributed by atoms with Crippen LogP contribution in [0.1, 0.15) is 54.9 Å². The molecule has 130 valence electrons. The second-order valence-electron chi connectivity index (χ2n) is 5.90. The molecule has 0 saturated heterocycles. The number of para-hydroxylation sites is 1. The minimum atomic E-state index is -0.242. The van der Waals surface area contributed by atoms with E-state index >= 15 is 0 Å². The quantitative estimate of drug-likeness (QED) is 0.643. The minimum Gasteiger partial charge on any atom is -0.494 e. The number of anilines is 1. The van der Waals surface area contributed by atoms with E-state index in [9.17, 15) is 4.79 Å². The third kappa shape index (κ3) is 5.96. The first-order valence-electron chi connectivity index (χ1n) is 8.78. The number of hydrogen-bond acceptors (Lipinski definition) is 3. The average molecular weight is 336 g/mol. The molecule has 0 heterocycles. The number of nitrogens with one attached hydrogen (secondary N) is 1. The summed E-state index contributed by atoms with van der Waals surface area (Å²) in [6.45, 7) is 2.90. The number of amides is 1. The first-order valence-corrected chi connectivity index (χ1v) is 8.78. The largest absolute Gasteiger partial charge is 0.494 e. The molecule has 0 spiro atoms. The summed E-state index contributed by atoms with van der Waals surface area (Å²) in [5.41, 5.74) is 1.49. The van der Waals surface area contributed by atoms with Crippen molar-refractivity contribution >= 4 is 11.6 Å². The summed E-state index contributed by atoms with van der Waals surface area (Å²) in [6, 6.07) is 16.1. The maximum absolute atomic E-state index is 12.3. The van der Waals surface area contributed by atoms with E-state index in [1.807, 2.05) is 0 Å². The molecule has 2 rings (SSSR count). The molecule has 25 heavy (non-hydrogen) atoms. The molecule has 4 nitrogen and oxygen atoms in total. The Morgan fingerprint density at radius 1 is 1.04 bits per heavy atom. The van der Waals surface area contributed by atoms with Gasteiger partial charge in [0.2, 0.25) is 0 Å². The first-order chi connectivity index (χ1) is 12.2. The van der Waals surface area contributed by atoms with E-state index in [2.05, 4.69) is 18.3 Å². The van der Waals surface area contributed by atoms with Crippen LogP contribution in [0.25, 0.3) is 0 Å². The van der Waals surface area contributed by atoms with Crippen LogP contribution in [-0.4, -0.2) is 12.5 Å². The molecule has 2 aromatic rings. The number of carbonyl (C=O) groups is 1.